The third-order valence-electron chi connectivity index (χ3n) is 3.18. The first-order valence-corrected chi connectivity index (χ1v) is 5.88. The van der Waals surface area contributed by atoms with Gasteiger partial charge in [-0.15, -0.1) is 6.58 Å². The van der Waals surface area contributed by atoms with E-state index >= 15 is 0 Å². The van der Waals surface area contributed by atoms with Crippen molar-refractivity contribution in [3.63, 3.8) is 0 Å². The van der Waals surface area contributed by atoms with E-state index in [1.807, 2.05) is 17.0 Å². The molecule has 2 rings (SSSR count). The Bertz CT molecular complexity index is 350. The zero-order chi connectivity index (χ0) is 11.4. The summed E-state index contributed by atoms with van der Waals surface area (Å²) in [6, 6.07) is 4.08. The van der Waals surface area contributed by atoms with E-state index in [-0.39, 0.29) is 5.91 Å². The van der Waals surface area contributed by atoms with Gasteiger partial charge in [0.25, 0.3) is 5.91 Å². The molecule has 1 N–H and O–H groups in total. The average molecular weight is 218 g/mol. The molecule has 0 saturated heterocycles. The fraction of sp³-hybridized carbons (Fsp3) is 0.462. The number of nitrogens with one attached hydrogen (secondary N) is 1. The minimum absolute atomic E-state index is 0.0943. The summed E-state index contributed by atoms with van der Waals surface area (Å²) >= 11 is 0. The standard InChI is InChI=1S/C13H18N2O/c1-2-10-15(11-6-3-4-7-11)13(16)12-8-5-9-14-12/h2,5,8-9,11,14H,1,3-4,6-7,10H2. The molecule has 0 spiro atoms. The lowest BCUT2D eigenvalue weighted by Gasteiger charge is -2.27. The minimum atomic E-state index is 0.0943. The zero-order valence-electron chi connectivity index (χ0n) is 9.48. The third kappa shape index (κ3) is 2.18. The fourth-order valence-corrected chi connectivity index (χ4v) is 2.37. The predicted molar refractivity (Wildman–Crippen MR) is 64.3 cm³/mol. The lowest BCUT2D eigenvalue weighted by Crippen LogP contribution is -2.39. The van der Waals surface area contributed by atoms with Crippen LogP contribution >= 0.6 is 0 Å². The van der Waals surface area contributed by atoms with Gasteiger partial charge >= 0.3 is 0 Å². The lowest BCUT2D eigenvalue weighted by atomic mass is 10.2. The van der Waals surface area contributed by atoms with Gasteiger partial charge in [0.05, 0.1) is 0 Å². The Balaban J connectivity index is 2.12. The number of hydrogen-bond acceptors (Lipinski definition) is 1. The van der Waals surface area contributed by atoms with Gasteiger partial charge in [0.15, 0.2) is 0 Å². The van der Waals surface area contributed by atoms with Gasteiger partial charge < -0.3 is 9.88 Å². The Morgan fingerprint density at radius 3 is 2.88 bits per heavy atom. The van der Waals surface area contributed by atoms with E-state index in [9.17, 15) is 4.79 Å². The van der Waals surface area contributed by atoms with E-state index < -0.39 is 0 Å². The molecule has 1 aromatic rings. The summed E-state index contributed by atoms with van der Waals surface area (Å²) in [6.07, 6.45) is 8.31. The largest absolute Gasteiger partial charge is 0.357 e. The van der Waals surface area contributed by atoms with Gasteiger partial charge in [0.1, 0.15) is 5.69 Å². The monoisotopic (exact) mass is 218 g/mol. The number of aromatic nitrogens is 1. The number of amides is 1. The maximum absolute atomic E-state index is 12.2. The molecule has 1 saturated carbocycles. The highest BCUT2D eigenvalue weighted by Gasteiger charge is 2.26. The Morgan fingerprint density at radius 1 is 1.56 bits per heavy atom. The fourth-order valence-electron chi connectivity index (χ4n) is 2.37. The summed E-state index contributed by atoms with van der Waals surface area (Å²) in [5.74, 6) is 0.0943. The molecule has 1 fully saturated rings. The predicted octanol–water partition coefficient (Wildman–Crippen LogP) is 2.59. The van der Waals surface area contributed by atoms with Gasteiger partial charge in [-0.05, 0) is 25.0 Å². The average Bonchev–Trinajstić information content (AvgIpc) is 2.96. The molecule has 1 aromatic heterocycles. The first-order chi connectivity index (χ1) is 7.83. The first kappa shape index (κ1) is 11.0. The second-order valence-corrected chi connectivity index (χ2v) is 4.27. The molecule has 1 aliphatic rings. The summed E-state index contributed by atoms with van der Waals surface area (Å²) in [5, 5.41) is 0. The zero-order valence-corrected chi connectivity index (χ0v) is 9.48. The second-order valence-electron chi connectivity index (χ2n) is 4.27. The van der Waals surface area contributed by atoms with Crippen LogP contribution in [0.2, 0.25) is 0 Å². The van der Waals surface area contributed by atoms with Crippen LogP contribution in [0.5, 0.6) is 0 Å². The second kappa shape index (κ2) is 5.01. The van der Waals surface area contributed by atoms with E-state index in [1.165, 1.54) is 12.8 Å². The Kier molecular flexibility index (Phi) is 3.44. The third-order valence-corrected chi connectivity index (χ3v) is 3.18. The van der Waals surface area contributed by atoms with E-state index in [0.29, 0.717) is 18.3 Å². The summed E-state index contributed by atoms with van der Waals surface area (Å²) in [5.41, 5.74) is 0.675. The van der Waals surface area contributed by atoms with Gasteiger partial charge in [-0.1, -0.05) is 18.9 Å². The lowest BCUT2D eigenvalue weighted by molar-refractivity contribution is 0.0701. The van der Waals surface area contributed by atoms with Crippen LogP contribution in [0, 0.1) is 0 Å². The van der Waals surface area contributed by atoms with E-state index in [0.717, 1.165) is 12.8 Å². The van der Waals surface area contributed by atoms with Crippen LogP contribution in [0.15, 0.2) is 31.0 Å². The molecule has 0 radical (unpaired) electrons. The van der Waals surface area contributed by atoms with Crippen molar-refractivity contribution in [1.82, 2.24) is 9.88 Å². The van der Waals surface area contributed by atoms with Crippen LogP contribution in [0.4, 0.5) is 0 Å². The minimum Gasteiger partial charge on any atom is -0.357 e. The quantitative estimate of drug-likeness (QED) is 0.775. The highest BCUT2D eigenvalue weighted by Crippen LogP contribution is 2.24. The number of carbonyl (C=O) groups excluding carboxylic acids is 1. The molecule has 0 bridgehead atoms. The van der Waals surface area contributed by atoms with Crippen molar-refractivity contribution < 1.29 is 4.79 Å². The summed E-state index contributed by atoms with van der Waals surface area (Å²) < 4.78 is 0. The van der Waals surface area contributed by atoms with Gasteiger partial charge in [-0.25, -0.2) is 0 Å². The molecule has 86 valence electrons. The molecule has 1 amide bonds. The molecular weight excluding hydrogens is 200 g/mol. The molecule has 1 aliphatic carbocycles. The highest BCUT2D eigenvalue weighted by atomic mass is 16.2. The van der Waals surface area contributed by atoms with Crippen LogP contribution in [0.25, 0.3) is 0 Å². The number of H-pyrrole nitrogens is 1. The van der Waals surface area contributed by atoms with Gasteiger partial charge in [0.2, 0.25) is 0 Å². The van der Waals surface area contributed by atoms with E-state index in [1.54, 1.807) is 12.3 Å². The summed E-state index contributed by atoms with van der Waals surface area (Å²) in [4.78, 5) is 17.1. The normalized spacial score (nSPS) is 16.2. The Hall–Kier alpha value is -1.51. The Morgan fingerprint density at radius 2 is 2.31 bits per heavy atom. The molecule has 1 heterocycles. The van der Waals surface area contributed by atoms with Crippen molar-refractivity contribution >= 4 is 5.91 Å². The van der Waals surface area contributed by atoms with Crippen LogP contribution in [-0.4, -0.2) is 28.4 Å². The Labute approximate surface area is 96.2 Å². The molecule has 0 unspecified atom stereocenters. The van der Waals surface area contributed by atoms with Crippen molar-refractivity contribution in [2.45, 2.75) is 31.7 Å². The maximum atomic E-state index is 12.2. The van der Waals surface area contributed by atoms with Gasteiger partial charge in [0, 0.05) is 18.8 Å². The van der Waals surface area contributed by atoms with Crippen molar-refractivity contribution in [2.24, 2.45) is 0 Å². The number of hydrogen-bond donors (Lipinski definition) is 1. The smallest absolute Gasteiger partial charge is 0.270 e. The molecular formula is C13H18N2O. The molecule has 0 aliphatic heterocycles. The molecule has 0 atom stereocenters. The van der Waals surface area contributed by atoms with Crippen molar-refractivity contribution in [1.29, 1.82) is 0 Å². The molecule has 0 aromatic carbocycles. The number of carbonyl (C=O) groups is 1. The van der Waals surface area contributed by atoms with Crippen molar-refractivity contribution in [3.8, 4) is 0 Å². The van der Waals surface area contributed by atoms with E-state index in [2.05, 4.69) is 11.6 Å². The van der Waals surface area contributed by atoms with Gasteiger partial charge in [-0.2, -0.15) is 0 Å². The van der Waals surface area contributed by atoms with Crippen LogP contribution in [0.1, 0.15) is 36.2 Å². The van der Waals surface area contributed by atoms with Crippen LogP contribution in [-0.2, 0) is 0 Å². The molecule has 3 heteroatoms. The van der Waals surface area contributed by atoms with Crippen LogP contribution < -0.4 is 0 Å². The molecule has 3 nitrogen and oxygen atoms in total. The van der Waals surface area contributed by atoms with Gasteiger partial charge in [-0.3, -0.25) is 4.79 Å². The maximum Gasteiger partial charge on any atom is 0.270 e. The number of rotatable bonds is 4. The highest BCUT2D eigenvalue weighted by molar-refractivity contribution is 5.92. The van der Waals surface area contributed by atoms with Crippen LogP contribution in [0.3, 0.4) is 0 Å². The summed E-state index contributed by atoms with van der Waals surface area (Å²) in [6.45, 7) is 4.37. The summed E-state index contributed by atoms with van der Waals surface area (Å²) in [7, 11) is 0. The van der Waals surface area contributed by atoms with Crippen molar-refractivity contribution in [3.05, 3.63) is 36.7 Å². The van der Waals surface area contributed by atoms with Crippen molar-refractivity contribution in [2.75, 3.05) is 6.54 Å². The number of aromatic amines is 1. The SMILES string of the molecule is C=CCN(C(=O)c1ccc[nH]1)C1CCCC1. The topological polar surface area (TPSA) is 36.1 Å². The first-order valence-electron chi connectivity index (χ1n) is 5.88. The number of nitrogens with zero attached hydrogens (tertiary/aromatic N) is 1. The molecule has 16 heavy (non-hydrogen) atoms. The van der Waals surface area contributed by atoms with E-state index in [4.69, 9.17) is 0 Å².